The van der Waals surface area contributed by atoms with Gasteiger partial charge in [0.1, 0.15) is 11.0 Å². The number of hydrogen-bond acceptors (Lipinski definition) is 7. The fourth-order valence-electron chi connectivity index (χ4n) is 4.48. The van der Waals surface area contributed by atoms with Crippen LogP contribution in [0.1, 0.15) is 62.5 Å². The summed E-state index contributed by atoms with van der Waals surface area (Å²) in [5.41, 5.74) is 6.23. The lowest BCUT2D eigenvalue weighted by atomic mass is 9.95. The molecule has 3 atom stereocenters. The first-order valence-corrected chi connectivity index (χ1v) is 13.2. The van der Waals surface area contributed by atoms with E-state index in [0.717, 1.165) is 10.6 Å². The second-order valence-electron chi connectivity index (χ2n) is 10.3. The summed E-state index contributed by atoms with van der Waals surface area (Å²) in [6, 6.07) is -0.758. The minimum Gasteiger partial charge on any atom is -0.370 e. The highest BCUT2D eigenvalue weighted by Gasteiger charge is 2.52. The minimum absolute atomic E-state index is 0.00572. The highest BCUT2D eigenvalue weighted by Crippen LogP contribution is 2.32. The van der Waals surface area contributed by atoms with Crippen molar-refractivity contribution >= 4 is 41.0 Å². The molecular formula is C25H37N5O5S. The van der Waals surface area contributed by atoms with Crippen LogP contribution in [-0.2, 0) is 24.0 Å². The van der Waals surface area contributed by atoms with E-state index in [1.807, 2.05) is 41.5 Å². The van der Waals surface area contributed by atoms with Crippen molar-refractivity contribution in [1.29, 1.82) is 0 Å². The van der Waals surface area contributed by atoms with E-state index in [-0.39, 0.29) is 43.2 Å². The third-order valence-corrected chi connectivity index (χ3v) is 7.36. The van der Waals surface area contributed by atoms with Crippen LogP contribution in [0.2, 0.25) is 0 Å². The van der Waals surface area contributed by atoms with Crippen LogP contribution in [-0.4, -0.2) is 74.9 Å². The van der Waals surface area contributed by atoms with Gasteiger partial charge in [-0.1, -0.05) is 27.7 Å². The molecule has 2 N–H and O–H groups in total. The van der Waals surface area contributed by atoms with Crippen molar-refractivity contribution < 1.29 is 24.0 Å². The van der Waals surface area contributed by atoms with Crippen molar-refractivity contribution in [3.8, 4) is 0 Å². The molecule has 0 aromatic carbocycles. The summed E-state index contributed by atoms with van der Waals surface area (Å²) in [5, 5.41) is 1.91. The zero-order valence-corrected chi connectivity index (χ0v) is 22.7. The monoisotopic (exact) mass is 519 g/mol. The Morgan fingerprint density at radius 2 is 1.81 bits per heavy atom. The van der Waals surface area contributed by atoms with Crippen LogP contribution in [0.5, 0.6) is 0 Å². The number of nitrogens with two attached hydrogens (primary N) is 1. The Morgan fingerprint density at radius 3 is 2.36 bits per heavy atom. The highest BCUT2D eigenvalue weighted by molar-refractivity contribution is 7.12. The molecule has 0 aliphatic carbocycles. The van der Waals surface area contributed by atoms with E-state index in [4.69, 9.17) is 10.6 Å². The van der Waals surface area contributed by atoms with E-state index in [0.29, 0.717) is 17.8 Å². The van der Waals surface area contributed by atoms with Gasteiger partial charge in [-0.3, -0.25) is 24.0 Å². The molecule has 36 heavy (non-hydrogen) atoms. The van der Waals surface area contributed by atoms with Crippen LogP contribution in [0, 0.1) is 25.7 Å². The van der Waals surface area contributed by atoms with Gasteiger partial charge in [0.05, 0.1) is 12.2 Å². The summed E-state index contributed by atoms with van der Waals surface area (Å²) in [6.45, 7) is 11.9. The Bertz CT molecular complexity index is 1020. The predicted octanol–water partition coefficient (Wildman–Crippen LogP) is 2.25. The molecule has 0 bridgehead atoms. The summed E-state index contributed by atoms with van der Waals surface area (Å²) in [6.07, 6.45) is 2.18. The van der Waals surface area contributed by atoms with Crippen LogP contribution in [0.3, 0.4) is 0 Å². The van der Waals surface area contributed by atoms with E-state index < -0.39 is 30.1 Å². The van der Waals surface area contributed by atoms with Crippen LogP contribution in [0.25, 0.3) is 6.08 Å². The van der Waals surface area contributed by atoms with Crippen molar-refractivity contribution in [1.82, 2.24) is 19.8 Å². The zero-order valence-electron chi connectivity index (χ0n) is 21.9. The SMILES string of the molecule is Cc1nc(/C=C/C(=O)N2O[C@H](CC(C)C)C(=O)N3[C@@H]2CN(CCC(N)=O)C(=O)[C@@H]3CC(C)C)sc1C. The molecule has 2 aliphatic rings. The molecule has 0 radical (unpaired) electrons. The molecule has 2 fully saturated rings. The maximum absolute atomic E-state index is 13.6. The average molecular weight is 520 g/mol. The first-order valence-electron chi connectivity index (χ1n) is 12.4. The van der Waals surface area contributed by atoms with Gasteiger partial charge < -0.3 is 15.5 Å². The number of nitrogens with zero attached hydrogens (tertiary/aromatic N) is 4. The Hall–Kier alpha value is -2.79. The average Bonchev–Trinajstić information content (AvgIpc) is 3.11. The van der Waals surface area contributed by atoms with Crippen LogP contribution in [0.15, 0.2) is 6.08 Å². The number of carbonyl (C=O) groups is 4. The van der Waals surface area contributed by atoms with Gasteiger partial charge in [-0.15, -0.1) is 11.3 Å². The topological polar surface area (TPSA) is 126 Å². The normalized spacial score (nSPS) is 22.8. The van der Waals surface area contributed by atoms with Crippen LogP contribution >= 0.6 is 11.3 Å². The Morgan fingerprint density at radius 1 is 1.14 bits per heavy atom. The van der Waals surface area contributed by atoms with Gasteiger partial charge in [0.25, 0.3) is 11.8 Å². The van der Waals surface area contributed by atoms with Crippen molar-refractivity contribution in [2.45, 2.75) is 79.1 Å². The molecular weight excluding hydrogens is 482 g/mol. The maximum atomic E-state index is 13.6. The van der Waals surface area contributed by atoms with Crippen molar-refractivity contribution in [2.24, 2.45) is 17.6 Å². The molecule has 0 spiro atoms. The summed E-state index contributed by atoms with van der Waals surface area (Å²) < 4.78 is 0. The van der Waals surface area contributed by atoms with Gasteiger partial charge >= 0.3 is 0 Å². The predicted molar refractivity (Wildman–Crippen MR) is 136 cm³/mol. The number of rotatable bonds is 9. The number of primary amides is 1. The molecule has 3 heterocycles. The van der Waals surface area contributed by atoms with Gasteiger partial charge in [-0.2, -0.15) is 5.06 Å². The molecule has 198 valence electrons. The summed E-state index contributed by atoms with van der Waals surface area (Å²) >= 11 is 1.48. The number of piperazine rings is 1. The van der Waals surface area contributed by atoms with Crippen molar-refractivity contribution in [3.05, 3.63) is 21.7 Å². The van der Waals surface area contributed by atoms with E-state index >= 15 is 0 Å². The molecule has 1 aromatic heterocycles. The highest BCUT2D eigenvalue weighted by atomic mass is 32.1. The van der Waals surface area contributed by atoms with E-state index in [1.165, 1.54) is 32.3 Å². The fraction of sp³-hybridized carbons (Fsp3) is 0.640. The largest absolute Gasteiger partial charge is 0.370 e. The van der Waals surface area contributed by atoms with Crippen molar-refractivity contribution in [3.63, 3.8) is 0 Å². The molecule has 11 heteroatoms. The number of hydroxylamine groups is 2. The number of carbonyl (C=O) groups excluding carboxylic acids is 4. The van der Waals surface area contributed by atoms with Gasteiger partial charge in [-0.05, 0) is 44.6 Å². The second kappa shape index (κ2) is 11.5. The Labute approximate surface area is 216 Å². The summed E-state index contributed by atoms with van der Waals surface area (Å²) in [5.74, 6) is -1.23. The van der Waals surface area contributed by atoms with Gasteiger partial charge in [-0.25, -0.2) is 4.98 Å². The van der Waals surface area contributed by atoms with E-state index in [9.17, 15) is 19.2 Å². The Kier molecular flexibility index (Phi) is 8.89. The smallest absolute Gasteiger partial charge is 0.272 e. The zero-order chi connectivity index (χ0) is 26.7. The molecule has 2 saturated heterocycles. The second-order valence-corrected chi connectivity index (χ2v) is 11.5. The van der Waals surface area contributed by atoms with Crippen molar-refractivity contribution in [2.75, 3.05) is 13.1 Å². The number of thiazole rings is 1. The molecule has 0 saturated carbocycles. The van der Waals surface area contributed by atoms with E-state index in [1.54, 1.807) is 6.08 Å². The number of aryl methyl sites for hydroxylation is 2. The summed E-state index contributed by atoms with van der Waals surface area (Å²) in [4.78, 5) is 66.4. The maximum Gasteiger partial charge on any atom is 0.272 e. The minimum atomic E-state index is -0.873. The van der Waals surface area contributed by atoms with Gasteiger partial charge in [0, 0.05) is 23.9 Å². The third-order valence-electron chi connectivity index (χ3n) is 6.32. The molecule has 1 aromatic rings. The third kappa shape index (κ3) is 6.31. The first-order chi connectivity index (χ1) is 16.9. The molecule has 10 nitrogen and oxygen atoms in total. The van der Waals surface area contributed by atoms with Crippen LogP contribution < -0.4 is 5.73 Å². The van der Waals surface area contributed by atoms with Gasteiger partial charge in [0.2, 0.25) is 11.8 Å². The van der Waals surface area contributed by atoms with Crippen LogP contribution in [0.4, 0.5) is 0 Å². The first kappa shape index (κ1) is 27.8. The molecule has 3 rings (SSSR count). The fourth-order valence-corrected chi connectivity index (χ4v) is 5.31. The molecule has 4 amide bonds. The van der Waals surface area contributed by atoms with E-state index in [2.05, 4.69) is 4.98 Å². The lowest BCUT2D eigenvalue weighted by molar-refractivity contribution is -0.274. The number of amides is 4. The lowest BCUT2D eigenvalue weighted by Gasteiger charge is -2.53. The Balaban J connectivity index is 1.97. The number of fused-ring (bicyclic) bond motifs is 1. The lowest BCUT2D eigenvalue weighted by Crippen LogP contribution is -2.73. The quantitative estimate of drug-likeness (QED) is 0.499. The number of hydrogen-bond donors (Lipinski definition) is 1. The van der Waals surface area contributed by atoms with Gasteiger partial charge in [0.15, 0.2) is 12.3 Å². The molecule has 0 unspecified atom stereocenters. The molecule has 2 aliphatic heterocycles. The standard InChI is InChI=1S/C25H37N5O5S/c1-14(2)11-18-24(33)28(10-9-20(26)31)13-22-29(18)25(34)19(12-15(3)4)35-30(22)23(32)8-7-21-27-16(5)17(6)36-21/h7-8,14-15,18-19,22H,9-13H2,1-6H3,(H2,26,31)/b8-7+/t18-,19+,22-/m0/s1. The number of aromatic nitrogens is 1. The summed E-state index contributed by atoms with van der Waals surface area (Å²) in [7, 11) is 0.